The Morgan fingerprint density at radius 3 is 2.67 bits per heavy atom. The second-order valence-electron chi connectivity index (χ2n) is 5.92. The van der Waals surface area contributed by atoms with Gasteiger partial charge in [-0.2, -0.15) is 4.98 Å². The van der Waals surface area contributed by atoms with Crippen molar-refractivity contribution in [3.8, 4) is 0 Å². The van der Waals surface area contributed by atoms with Gasteiger partial charge in [-0.1, -0.05) is 36.3 Å². The third-order valence-electron chi connectivity index (χ3n) is 4.24. The number of aromatic nitrogens is 2. The molecule has 1 N–H and O–H groups in total. The number of nitrogens with zero attached hydrogens (tertiary/aromatic N) is 2. The minimum absolute atomic E-state index is 0.381. The molecule has 0 saturated heterocycles. The fourth-order valence-corrected chi connectivity index (χ4v) is 3.07. The van der Waals surface area contributed by atoms with Gasteiger partial charge in [0.05, 0.1) is 0 Å². The summed E-state index contributed by atoms with van der Waals surface area (Å²) in [6, 6.07) is 9.10. The third-order valence-corrected chi connectivity index (χ3v) is 4.24. The minimum Gasteiger partial charge on any atom is -0.339 e. The molecular weight excluding hydrogens is 262 g/mol. The summed E-state index contributed by atoms with van der Waals surface area (Å²) >= 11 is 0. The largest absolute Gasteiger partial charge is 0.339 e. The summed E-state index contributed by atoms with van der Waals surface area (Å²) in [5.74, 6) is 2.02. The van der Waals surface area contributed by atoms with Crippen LogP contribution in [0.1, 0.15) is 49.0 Å². The first-order chi connectivity index (χ1) is 10.3. The molecule has 0 saturated carbocycles. The van der Waals surface area contributed by atoms with E-state index >= 15 is 0 Å². The van der Waals surface area contributed by atoms with Crippen molar-refractivity contribution in [3.05, 3.63) is 47.1 Å². The van der Waals surface area contributed by atoms with Gasteiger partial charge in [-0.05, 0) is 43.9 Å². The second kappa shape index (κ2) is 6.39. The van der Waals surface area contributed by atoms with E-state index in [-0.39, 0.29) is 0 Å². The van der Waals surface area contributed by atoms with Crippen molar-refractivity contribution in [2.45, 2.75) is 51.5 Å². The van der Waals surface area contributed by atoms with Gasteiger partial charge in [0.15, 0.2) is 5.82 Å². The van der Waals surface area contributed by atoms with Crippen LogP contribution in [0.3, 0.4) is 0 Å². The summed E-state index contributed by atoms with van der Waals surface area (Å²) in [5, 5.41) is 7.60. The Kier molecular flexibility index (Phi) is 4.34. The molecule has 112 valence electrons. The van der Waals surface area contributed by atoms with E-state index in [1.165, 1.54) is 11.1 Å². The molecule has 2 aromatic rings. The summed E-state index contributed by atoms with van der Waals surface area (Å²) in [7, 11) is 0. The maximum atomic E-state index is 5.42. The molecule has 1 aromatic heterocycles. The minimum atomic E-state index is 0.381. The SMILES string of the molecule is CCNC(C)CCc1nc(C2Cc3ccccc3C2)no1. The van der Waals surface area contributed by atoms with Gasteiger partial charge < -0.3 is 9.84 Å². The Balaban J connectivity index is 1.59. The van der Waals surface area contributed by atoms with Crippen LogP contribution < -0.4 is 5.32 Å². The molecule has 1 aliphatic carbocycles. The molecule has 1 atom stereocenters. The zero-order valence-electron chi connectivity index (χ0n) is 12.8. The van der Waals surface area contributed by atoms with Gasteiger partial charge in [-0.25, -0.2) is 0 Å². The standard InChI is InChI=1S/C17H23N3O/c1-3-18-12(2)8-9-16-19-17(20-21-16)15-10-13-6-4-5-7-14(13)11-15/h4-7,12,15,18H,3,8-11H2,1-2H3. The van der Waals surface area contributed by atoms with Gasteiger partial charge in [-0.3, -0.25) is 0 Å². The number of benzene rings is 1. The van der Waals surface area contributed by atoms with Crippen LogP contribution in [0.25, 0.3) is 0 Å². The Bertz CT molecular complexity index is 568. The lowest BCUT2D eigenvalue weighted by Gasteiger charge is -2.09. The molecule has 3 rings (SSSR count). The molecule has 1 aromatic carbocycles. The lowest BCUT2D eigenvalue weighted by Crippen LogP contribution is -2.25. The van der Waals surface area contributed by atoms with Crippen molar-refractivity contribution < 1.29 is 4.52 Å². The van der Waals surface area contributed by atoms with E-state index in [4.69, 9.17) is 4.52 Å². The molecule has 0 bridgehead atoms. The fraction of sp³-hybridized carbons (Fsp3) is 0.529. The van der Waals surface area contributed by atoms with Crippen LogP contribution in [0.5, 0.6) is 0 Å². The summed E-state index contributed by atoms with van der Waals surface area (Å²) < 4.78 is 5.42. The first-order valence-corrected chi connectivity index (χ1v) is 7.89. The zero-order valence-corrected chi connectivity index (χ0v) is 12.8. The summed E-state index contributed by atoms with van der Waals surface area (Å²) in [6.45, 7) is 5.31. The van der Waals surface area contributed by atoms with Crippen molar-refractivity contribution >= 4 is 0 Å². The topological polar surface area (TPSA) is 51.0 Å². The number of hydrogen-bond donors (Lipinski definition) is 1. The Morgan fingerprint density at radius 2 is 2.00 bits per heavy atom. The van der Waals surface area contributed by atoms with Gasteiger partial charge >= 0.3 is 0 Å². The summed E-state index contributed by atoms with van der Waals surface area (Å²) in [5.41, 5.74) is 2.85. The molecule has 1 heterocycles. The van der Waals surface area contributed by atoms with Crippen LogP contribution in [0.4, 0.5) is 0 Å². The highest BCUT2D eigenvalue weighted by Gasteiger charge is 2.26. The van der Waals surface area contributed by atoms with Crippen LogP contribution in [0.2, 0.25) is 0 Å². The third kappa shape index (κ3) is 3.32. The average molecular weight is 285 g/mol. The number of fused-ring (bicyclic) bond motifs is 1. The maximum Gasteiger partial charge on any atom is 0.226 e. The maximum absolute atomic E-state index is 5.42. The molecule has 0 aliphatic heterocycles. The van der Waals surface area contributed by atoms with Crippen molar-refractivity contribution in [1.29, 1.82) is 0 Å². The lowest BCUT2D eigenvalue weighted by atomic mass is 10.1. The number of aryl methyl sites for hydroxylation is 1. The summed E-state index contributed by atoms with van der Waals surface area (Å²) in [4.78, 5) is 4.60. The van der Waals surface area contributed by atoms with E-state index in [0.29, 0.717) is 12.0 Å². The molecule has 0 fully saturated rings. The zero-order chi connectivity index (χ0) is 14.7. The lowest BCUT2D eigenvalue weighted by molar-refractivity contribution is 0.360. The Labute approximate surface area is 126 Å². The van der Waals surface area contributed by atoms with E-state index in [2.05, 4.69) is 53.6 Å². The smallest absolute Gasteiger partial charge is 0.226 e. The molecule has 1 unspecified atom stereocenters. The highest BCUT2D eigenvalue weighted by atomic mass is 16.5. The van der Waals surface area contributed by atoms with Gasteiger partial charge in [0.1, 0.15) is 0 Å². The highest BCUT2D eigenvalue weighted by molar-refractivity contribution is 5.34. The molecule has 0 radical (unpaired) electrons. The van der Waals surface area contributed by atoms with Crippen molar-refractivity contribution in [2.24, 2.45) is 0 Å². The second-order valence-corrected chi connectivity index (χ2v) is 5.92. The van der Waals surface area contributed by atoms with E-state index < -0.39 is 0 Å². The monoisotopic (exact) mass is 285 g/mol. The van der Waals surface area contributed by atoms with Crippen LogP contribution >= 0.6 is 0 Å². The molecule has 0 amide bonds. The number of hydrogen-bond acceptors (Lipinski definition) is 4. The Hall–Kier alpha value is -1.68. The average Bonchev–Trinajstić information content (AvgIpc) is 3.11. The van der Waals surface area contributed by atoms with Gasteiger partial charge in [0, 0.05) is 18.4 Å². The van der Waals surface area contributed by atoms with Crippen LogP contribution in [-0.2, 0) is 19.3 Å². The van der Waals surface area contributed by atoms with Gasteiger partial charge in [0.25, 0.3) is 0 Å². The van der Waals surface area contributed by atoms with E-state index in [0.717, 1.165) is 43.9 Å². The quantitative estimate of drug-likeness (QED) is 0.886. The molecular formula is C17H23N3O. The van der Waals surface area contributed by atoms with E-state index in [1.807, 2.05) is 0 Å². The predicted octanol–water partition coefficient (Wildman–Crippen LogP) is 2.88. The van der Waals surface area contributed by atoms with Crippen LogP contribution in [0, 0.1) is 0 Å². The normalized spacial score (nSPS) is 16.1. The fourth-order valence-electron chi connectivity index (χ4n) is 3.07. The molecule has 21 heavy (non-hydrogen) atoms. The molecule has 1 aliphatic rings. The van der Waals surface area contributed by atoms with Crippen LogP contribution in [0.15, 0.2) is 28.8 Å². The molecule has 4 nitrogen and oxygen atoms in total. The van der Waals surface area contributed by atoms with Gasteiger partial charge in [0.2, 0.25) is 5.89 Å². The van der Waals surface area contributed by atoms with Crippen molar-refractivity contribution in [2.75, 3.05) is 6.54 Å². The Morgan fingerprint density at radius 1 is 1.29 bits per heavy atom. The first kappa shape index (κ1) is 14.3. The van der Waals surface area contributed by atoms with Crippen LogP contribution in [-0.4, -0.2) is 22.7 Å². The van der Waals surface area contributed by atoms with Crippen molar-refractivity contribution in [3.63, 3.8) is 0 Å². The highest BCUT2D eigenvalue weighted by Crippen LogP contribution is 2.32. The van der Waals surface area contributed by atoms with Gasteiger partial charge in [-0.15, -0.1) is 0 Å². The van der Waals surface area contributed by atoms with E-state index in [1.54, 1.807) is 0 Å². The number of rotatable bonds is 6. The number of nitrogens with one attached hydrogen (secondary N) is 1. The summed E-state index contributed by atoms with van der Waals surface area (Å²) in [6.07, 6.45) is 3.94. The molecule has 4 heteroatoms. The first-order valence-electron chi connectivity index (χ1n) is 7.89. The van der Waals surface area contributed by atoms with E-state index in [9.17, 15) is 0 Å². The van der Waals surface area contributed by atoms with Crippen molar-refractivity contribution in [1.82, 2.24) is 15.5 Å². The predicted molar refractivity (Wildman–Crippen MR) is 82.3 cm³/mol. The molecule has 0 spiro atoms.